The van der Waals surface area contributed by atoms with Crippen molar-refractivity contribution >= 4 is 29.2 Å². The van der Waals surface area contributed by atoms with E-state index in [0.29, 0.717) is 22.2 Å². The molecule has 0 atom stereocenters. The highest BCUT2D eigenvalue weighted by molar-refractivity contribution is 6.31. The van der Waals surface area contributed by atoms with Gasteiger partial charge in [0.15, 0.2) is 13.2 Å². The summed E-state index contributed by atoms with van der Waals surface area (Å²) in [6, 6.07) is 11.9. The summed E-state index contributed by atoms with van der Waals surface area (Å²) in [6.07, 6.45) is 0. The molecule has 1 amide bonds. The first-order chi connectivity index (χ1) is 12.0. The third kappa shape index (κ3) is 6.00. The van der Waals surface area contributed by atoms with Crippen LogP contribution in [0.1, 0.15) is 5.56 Å². The van der Waals surface area contributed by atoms with Crippen molar-refractivity contribution in [2.24, 2.45) is 0 Å². The third-order valence-corrected chi connectivity index (χ3v) is 3.63. The summed E-state index contributed by atoms with van der Waals surface area (Å²) in [5, 5.41) is 3.22. The number of rotatable bonds is 7. The van der Waals surface area contributed by atoms with Gasteiger partial charge in [0.05, 0.1) is 7.11 Å². The minimum absolute atomic E-state index is 0.298. The van der Waals surface area contributed by atoms with E-state index < -0.39 is 18.5 Å². The van der Waals surface area contributed by atoms with Crippen LogP contribution in [0.2, 0.25) is 5.02 Å². The van der Waals surface area contributed by atoms with Gasteiger partial charge >= 0.3 is 5.97 Å². The molecule has 132 valence electrons. The van der Waals surface area contributed by atoms with Gasteiger partial charge in [0, 0.05) is 16.8 Å². The normalized spacial score (nSPS) is 10.0. The molecule has 0 heterocycles. The number of anilines is 1. The SMILES string of the molecule is COc1cccc(NC(=O)COC(=O)COc2ccc(Cl)c(C)c2)c1. The second-order valence-corrected chi connectivity index (χ2v) is 5.55. The van der Waals surface area contributed by atoms with Gasteiger partial charge in [-0.15, -0.1) is 0 Å². The topological polar surface area (TPSA) is 73.9 Å². The lowest BCUT2D eigenvalue weighted by atomic mass is 10.2. The lowest BCUT2D eigenvalue weighted by molar-refractivity contribution is -0.149. The van der Waals surface area contributed by atoms with Gasteiger partial charge in [0.2, 0.25) is 0 Å². The fourth-order valence-corrected chi connectivity index (χ4v) is 2.05. The molecule has 1 N–H and O–H groups in total. The van der Waals surface area contributed by atoms with Crippen molar-refractivity contribution in [3.8, 4) is 11.5 Å². The molecule has 0 aliphatic rings. The zero-order valence-corrected chi connectivity index (χ0v) is 14.6. The first kappa shape index (κ1) is 18.6. The number of benzene rings is 2. The number of carbonyl (C=O) groups is 2. The second kappa shape index (κ2) is 8.94. The van der Waals surface area contributed by atoms with E-state index in [-0.39, 0.29) is 6.61 Å². The Hall–Kier alpha value is -2.73. The molecule has 6 nitrogen and oxygen atoms in total. The van der Waals surface area contributed by atoms with Gasteiger partial charge in [0.25, 0.3) is 5.91 Å². The minimum atomic E-state index is -0.645. The quantitative estimate of drug-likeness (QED) is 0.764. The molecule has 7 heteroatoms. The van der Waals surface area contributed by atoms with Crippen LogP contribution < -0.4 is 14.8 Å². The highest BCUT2D eigenvalue weighted by Gasteiger charge is 2.09. The van der Waals surface area contributed by atoms with Gasteiger partial charge in [-0.3, -0.25) is 4.79 Å². The Balaban J connectivity index is 1.75. The fraction of sp³-hybridized carbons (Fsp3) is 0.222. The molecule has 0 fully saturated rings. The first-order valence-corrected chi connectivity index (χ1v) is 7.84. The minimum Gasteiger partial charge on any atom is -0.497 e. The maximum atomic E-state index is 11.8. The van der Waals surface area contributed by atoms with Crippen LogP contribution in [0.3, 0.4) is 0 Å². The Morgan fingerprint density at radius 2 is 1.88 bits per heavy atom. The smallest absolute Gasteiger partial charge is 0.344 e. The van der Waals surface area contributed by atoms with Crippen LogP contribution in [0.15, 0.2) is 42.5 Å². The van der Waals surface area contributed by atoms with Crippen LogP contribution in [0, 0.1) is 6.92 Å². The van der Waals surface area contributed by atoms with Crippen LogP contribution in [0.25, 0.3) is 0 Å². The van der Waals surface area contributed by atoms with Gasteiger partial charge in [-0.25, -0.2) is 4.79 Å². The molecule has 0 aromatic heterocycles. The van der Waals surface area contributed by atoms with Crippen molar-refractivity contribution in [2.45, 2.75) is 6.92 Å². The van der Waals surface area contributed by atoms with Crippen molar-refractivity contribution in [3.63, 3.8) is 0 Å². The summed E-state index contributed by atoms with van der Waals surface area (Å²) in [4.78, 5) is 23.4. The maximum Gasteiger partial charge on any atom is 0.344 e. The Bertz CT molecular complexity index is 763. The summed E-state index contributed by atoms with van der Waals surface area (Å²) >= 11 is 5.91. The maximum absolute atomic E-state index is 11.8. The van der Waals surface area contributed by atoms with E-state index in [4.69, 9.17) is 25.8 Å². The molecular formula is C18H18ClNO5. The summed E-state index contributed by atoms with van der Waals surface area (Å²) in [7, 11) is 1.53. The molecular weight excluding hydrogens is 346 g/mol. The van der Waals surface area contributed by atoms with Gasteiger partial charge < -0.3 is 19.5 Å². The summed E-state index contributed by atoms with van der Waals surface area (Å²) in [6.45, 7) is 1.13. The zero-order chi connectivity index (χ0) is 18.2. The van der Waals surface area contributed by atoms with E-state index in [0.717, 1.165) is 5.56 Å². The molecule has 0 saturated heterocycles. The van der Waals surface area contributed by atoms with E-state index >= 15 is 0 Å². The molecule has 0 bridgehead atoms. The molecule has 0 aliphatic carbocycles. The molecule has 0 radical (unpaired) electrons. The Kier molecular flexibility index (Phi) is 6.65. The highest BCUT2D eigenvalue weighted by atomic mass is 35.5. The van der Waals surface area contributed by atoms with Crippen LogP contribution in [0.5, 0.6) is 11.5 Å². The number of nitrogens with one attached hydrogen (secondary N) is 1. The number of methoxy groups -OCH3 is 1. The fourth-order valence-electron chi connectivity index (χ4n) is 1.93. The van der Waals surface area contributed by atoms with E-state index in [1.54, 1.807) is 42.5 Å². The molecule has 0 unspecified atom stereocenters. The van der Waals surface area contributed by atoms with Crippen molar-refractivity contribution in [1.82, 2.24) is 0 Å². The molecule has 2 aromatic carbocycles. The predicted octanol–water partition coefficient (Wildman–Crippen LogP) is 3.22. The third-order valence-electron chi connectivity index (χ3n) is 3.20. The van der Waals surface area contributed by atoms with E-state index in [2.05, 4.69) is 5.32 Å². The van der Waals surface area contributed by atoms with Crippen molar-refractivity contribution in [3.05, 3.63) is 53.1 Å². The number of aryl methyl sites for hydroxylation is 1. The monoisotopic (exact) mass is 363 g/mol. The number of halogens is 1. The number of hydrogen-bond donors (Lipinski definition) is 1. The van der Waals surface area contributed by atoms with Crippen LogP contribution >= 0.6 is 11.6 Å². The molecule has 0 aliphatic heterocycles. The van der Waals surface area contributed by atoms with Crippen LogP contribution in [-0.4, -0.2) is 32.2 Å². The van der Waals surface area contributed by atoms with Crippen LogP contribution in [-0.2, 0) is 14.3 Å². The average Bonchev–Trinajstić information content (AvgIpc) is 2.61. The van der Waals surface area contributed by atoms with Crippen molar-refractivity contribution in [2.75, 3.05) is 25.6 Å². The Labute approximate surface area is 150 Å². The average molecular weight is 364 g/mol. The van der Waals surface area contributed by atoms with E-state index in [1.165, 1.54) is 7.11 Å². The number of hydrogen-bond acceptors (Lipinski definition) is 5. The van der Waals surface area contributed by atoms with Gasteiger partial charge in [-0.1, -0.05) is 17.7 Å². The second-order valence-electron chi connectivity index (χ2n) is 5.14. The van der Waals surface area contributed by atoms with Crippen LogP contribution in [0.4, 0.5) is 5.69 Å². The first-order valence-electron chi connectivity index (χ1n) is 7.46. The molecule has 0 saturated carbocycles. The highest BCUT2D eigenvalue weighted by Crippen LogP contribution is 2.21. The molecule has 2 rings (SSSR count). The van der Waals surface area contributed by atoms with E-state index in [1.807, 2.05) is 6.92 Å². The predicted molar refractivity (Wildman–Crippen MR) is 94.3 cm³/mol. The lowest BCUT2D eigenvalue weighted by Crippen LogP contribution is -2.23. The number of esters is 1. The van der Waals surface area contributed by atoms with Gasteiger partial charge in [0.1, 0.15) is 11.5 Å². The Morgan fingerprint density at radius 3 is 2.60 bits per heavy atom. The largest absolute Gasteiger partial charge is 0.497 e. The summed E-state index contributed by atoms with van der Waals surface area (Å²) in [5.74, 6) is 0.0125. The Morgan fingerprint density at radius 1 is 1.08 bits per heavy atom. The van der Waals surface area contributed by atoms with Gasteiger partial charge in [-0.05, 0) is 42.8 Å². The number of amides is 1. The molecule has 0 spiro atoms. The zero-order valence-electron chi connectivity index (χ0n) is 13.9. The van der Waals surface area contributed by atoms with E-state index in [9.17, 15) is 9.59 Å². The van der Waals surface area contributed by atoms with Gasteiger partial charge in [-0.2, -0.15) is 0 Å². The lowest BCUT2D eigenvalue weighted by Gasteiger charge is -2.09. The standard InChI is InChI=1S/C18H18ClNO5/c1-12-8-15(6-7-16(12)19)24-11-18(22)25-10-17(21)20-13-4-3-5-14(9-13)23-2/h3-9H,10-11H2,1-2H3,(H,20,21). The van der Waals surface area contributed by atoms with Crippen molar-refractivity contribution in [1.29, 1.82) is 0 Å². The number of ether oxygens (including phenoxy) is 3. The number of carbonyl (C=O) groups excluding carboxylic acids is 2. The summed E-state index contributed by atoms with van der Waals surface area (Å²) < 4.78 is 15.2. The molecule has 2 aromatic rings. The molecule has 25 heavy (non-hydrogen) atoms. The van der Waals surface area contributed by atoms with Crippen molar-refractivity contribution < 1.29 is 23.8 Å². The summed E-state index contributed by atoms with van der Waals surface area (Å²) in [5.41, 5.74) is 1.39.